The van der Waals surface area contributed by atoms with Gasteiger partial charge in [0, 0.05) is 50.6 Å². The molecule has 2 aliphatic rings. The van der Waals surface area contributed by atoms with E-state index in [9.17, 15) is 14.4 Å². The number of likely N-dealkylation sites (N-methyl/N-ethyl adjacent to an activating group) is 1. The van der Waals surface area contributed by atoms with Crippen molar-refractivity contribution in [2.75, 3.05) is 63.1 Å². The highest BCUT2D eigenvalue weighted by Crippen LogP contribution is 2.21. The number of likely N-dealkylation sites (tertiary alicyclic amines) is 1. The molecule has 1 aromatic rings. The molecular formula is C21H30N4O4. The minimum Gasteiger partial charge on any atom is -0.466 e. The van der Waals surface area contributed by atoms with Crippen LogP contribution in [0.4, 0.5) is 11.4 Å². The van der Waals surface area contributed by atoms with Crippen LogP contribution < -0.4 is 10.2 Å². The summed E-state index contributed by atoms with van der Waals surface area (Å²) in [4.78, 5) is 42.9. The number of nitrogens with one attached hydrogen (secondary N) is 1. The first kappa shape index (κ1) is 21.1. The van der Waals surface area contributed by atoms with E-state index in [-0.39, 0.29) is 18.4 Å². The Morgan fingerprint density at radius 3 is 2.41 bits per heavy atom. The Morgan fingerprint density at radius 2 is 1.76 bits per heavy atom. The number of hydrogen-bond donors (Lipinski definition) is 1. The van der Waals surface area contributed by atoms with Gasteiger partial charge < -0.3 is 24.8 Å². The van der Waals surface area contributed by atoms with E-state index in [1.807, 2.05) is 24.3 Å². The summed E-state index contributed by atoms with van der Waals surface area (Å²) in [5, 5.41) is 2.67. The van der Waals surface area contributed by atoms with Gasteiger partial charge >= 0.3 is 17.8 Å². The Kier molecular flexibility index (Phi) is 7.09. The number of nitrogens with zero attached hydrogens (tertiary/aromatic N) is 3. The SMILES string of the molecule is CCOC(=O)C1CCCN(C(=O)C(=O)Nc2ccc(N3CCN(C)CC3)cc2)C1. The average molecular weight is 402 g/mol. The first-order chi connectivity index (χ1) is 14.0. The van der Waals surface area contributed by atoms with E-state index < -0.39 is 11.8 Å². The molecule has 0 aromatic heterocycles. The zero-order valence-electron chi connectivity index (χ0n) is 17.2. The molecule has 1 N–H and O–H groups in total. The molecule has 158 valence electrons. The van der Waals surface area contributed by atoms with E-state index in [1.54, 1.807) is 6.92 Å². The van der Waals surface area contributed by atoms with Gasteiger partial charge in [-0.05, 0) is 51.1 Å². The second kappa shape index (κ2) is 9.73. The second-order valence-corrected chi connectivity index (χ2v) is 7.63. The van der Waals surface area contributed by atoms with Crippen molar-refractivity contribution >= 4 is 29.2 Å². The number of carbonyl (C=O) groups is 3. The van der Waals surface area contributed by atoms with Crippen molar-refractivity contribution in [3.63, 3.8) is 0 Å². The minimum atomic E-state index is -0.679. The first-order valence-corrected chi connectivity index (χ1v) is 10.3. The lowest BCUT2D eigenvalue weighted by molar-refractivity contribution is -0.153. The van der Waals surface area contributed by atoms with Gasteiger partial charge in [-0.25, -0.2) is 0 Å². The standard InChI is InChI=1S/C21H30N4O4/c1-3-29-21(28)16-5-4-10-25(15-16)20(27)19(26)22-17-6-8-18(9-7-17)24-13-11-23(2)12-14-24/h6-9,16H,3-5,10-15H2,1-2H3,(H,22,26). The summed E-state index contributed by atoms with van der Waals surface area (Å²) in [6.07, 6.45) is 1.36. The predicted molar refractivity (Wildman–Crippen MR) is 111 cm³/mol. The van der Waals surface area contributed by atoms with Gasteiger partial charge in [0.05, 0.1) is 12.5 Å². The van der Waals surface area contributed by atoms with Crippen LogP contribution in [-0.4, -0.2) is 80.5 Å². The molecule has 0 spiro atoms. The summed E-state index contributed by atoms with van der Waals surface area (Å²) >= 11 is 0. The monoisotopic (exact) mass is 402 g/mol. The fraction of sp³-hybridized carbons (Fsp3) is 0.571. The molecule has 2 amide bonds. The van der Waals surface area contributed by atoms with Crippen molar-refractivity contribution < 1.29 is 19.1 Å². The lowest BCUT2D eigenvalue weighted by Gasteiger charge is -2.34. The Balaban J connectivity index is 1.54. The Labute approximate surface area is 171 Å². The molecule has 2 saturated heterocycles. The van der Waals surface area contributed by atoms with E-state index in [0.717, 1.165) is 31.9 Å². The van der Waals surface area contributed by atoms with Crippen molar-refractivity contribution in [1.82, 2.24) is 9.80 Å². The molecule has 8 heteroatoms. The Hall–Kier alpha value is -2.61. The highest BCUT2D eigenvalue weighted by atomic mass is 16.5. The number of rotatable bonds is 4. The van der Waals surface area contributed by atoms with Crippen LogP contribution in [0.5, 0.6) is 0 Å². The maximum absolute atomic E-state index is 12.5. The van der Waals surface area contributed by atoms with Crippen LogP contribution in [0.25, 0.3) is 0 Å². The normalized spacial score (nSPS) is 20.3. The molecule has 0 radical (unpaired) electrons. The number of benzene rings is 1. The van der Waals surface area contributed by atoms with Crippen molar-refractivity contribution in [2.24, 2.45) is 5.92 Å². The molecule has 29 heavy (non-hydrogen) atoms. The number of ether oxygens (including phenoxy) is 1. The predicted octanol–water partition coefficient (Wildman–Crippen LogP) is 1.18. The Morgan fingerprint density at radius 1 is 1.07 bits per heavy atom. The molecule has 0 aliphatic carbocycles. The molecule has 2 aliphatic heterocycles. The fourth-order valence-corrected chi connectivity index (χ4v) is 3.76. The van der Waals surface area contributed by atoms with Crippen LogP contribution in [0, 0.1) is 5.92 Å². The summed E-state index contributed by atoms with van der Waals surface area (Å²) in [6, 6.07) is 7.55. The first-order valence-electron chi connectivity index (χ1n) is 10.3. The number of hydrogen-bond acceptors (Lipinski definition) is 6. The van der Waals surface area contributed by atoms with Crippen molar-refractivity contribution in [3.05, 3.63) is 24.3 Å². The number of anilines is 2. The quantitative estimate of drug-likeness (QED) is 0.602. The van der Waals surface area contributed by atoms with Crippen molar-refractivity contribution in [1.29, 1.82) is 0 Å². The molecule has 3 rings (SSSR count). The largest absolute Gasteiger partial charge is 0.466 e. The number of esters is 1. The van der Waals surface area contributed by atoms with E-state index >= 15 is 0 Å². The van der Waals surface area contributed by atoms with E-state index in [1.165, 1.54) is 4.90 Å². The van der Waals surface area contributed by atoms with E-state index in [0.29, 0.717) is 31.7 Å². The number of carbonyl (C=O) groups excluding carboxylic acids is 3. The third-order valence-electron chi connectivity index (χ3n) is 5.52. The molecule has 1 atom stereocenters. The molecule has 1 aromatic carbocycles. The van der Waals surface area contributed by atoms with Gasteiger partial charge in [-0.3, -0.25) is 14.4 Å². The highest BCUT2D eigenvalue weighted by molar-refractivity contribution is 6.39. The van der Waals surface area contributed by atoms with Gasteiger partial charge in [-0.2, -0.15) is 0 Å². The Bertz CT molecular complexity index is 729. The van der Waals surface area contributed by atoms with Gasteiger partial charge in [0.1, 0.15) is 0 Å². The summed E-state index contributed by atoms with van der Waals surface area (Å²) < 4.78 is 5.05. The molecule has 8 nitrogen and oxygen atoms in total. The van der Waals surface area contributed by atoms with Crippen LogP contribution in [0.15, 0.2) is 24.3 Å². The zero-order chi connectivity index (χ0) is 20.8. The topological polar surface area (TPSA) is 82.2 Å². The third-order valence-corrected chi connectivity index (χ3v) is 5.52. The lowest BCUT2D eigenvalue weighted by Crippen LogP contribution is -2.47. The fourth-order valence-electron chi connectivity index (χ4n) is 3.76. The average Bonchev–Trinajstić information content (AvgIpc) is 2.74. The van der Waals surface area contributed by atoms with Crippen LogP contribution in [0.3, 0.4) is 0 Å². The van der Waals surface area contributed by atoms with Crippen molar-refractivity contribution in [3.8, 4) is 0 Å². The van der Waals surface area contributed by atoms with Gasteiger partial charge in [-0.1, -0.05) is 0 Å². The summed E-state index contributed by atoms with van der Waals surface area (Å²) in [5.74, 6) is -1.95. The molecule has 0 saturated carbocycles. The highest BCUT2D eigenvalue weighted by Gasteiger charge is 2.32. The summed E-state index contributed by atoms with van der Waals surface area (Å²) in [5.41, 5.74) is 1.69. The van der Waals surface area contributed by atoms with Crippen LogP contribution in [0.2, 0.25) is 0 Å². The minimum absolute atomic E-state index is 0.230. The summed E-state index contributed by atoms with van der Waals surface area (Å²) in [7, 11) is 2.12. The maximum Gasteiger partial charge on any atom is 0.313 e. The molecular weight excluding hydrogens is 372 g/mol. The van der Waals surface area contributed by atoms with E-state index in [4.69, 9.17) is 4.74 Å². The zero-order valence-corrected chi connectivity index (χ0v) is 17.2. The number of piperazine rings is 1. The molecule has 1 unspecified atom stereocenters. The van der Waals surface area contributed by atoms with Crippen molar-refractivity contribution in [2.45, 2.75) is 19.8 Å². The van der Waals surface area contributed by atoms with Crippen LogP contribution in [-0.2, 0) is 19.1 Å². The smallest absolute Gasteiger partial charge is 0.313 e. The van der Waals surface area contributed by atoms with Crippen LogP contribution >= 0.6 is 0 Å². The number of amides is 2. The molecule has 2 heterocycles. The molecule has 2 fully saturated rings. The van der Waals surface area contributed by atoms with Gasteiger partial charge in [0.2, 0.25) is 0 Å². The number of piperidine rings is 1. The van der Waals surface area contributed by atoms with Gasteiger partial charge in [-0.15, -0.1) is 0 Å². The van der Waals surface area contributed by atoms with Gasteiger partial charge in [0.25, 0.3) is 0 Å². The second-order valence-electron chi connectivity index (χ2n) is 7.63. The maximum atomic E-state index is 12.5. The van der Waals surface area contributed by atoms with Crippen LogP contribution in [0.1, 0.15) is 19.8 Å². The lowest BCUT2D eigenvalue weighted by atomic mass is 9.98. The molecule has 0 bridgehead atoms. The van der Waals surface area contributed by atoms with Gasteiger partial charge in [0.15, 0.2) is 0 Å². The third kappa shape index (κ3) is 5.47. The summed E-state index contributed by atoms with van der Waals surface area (Å²) in [6.45, 7) is 6.76. The van der Waals surface area contributed by atoms with E-state index in [2.05, 4.69) is 22.2 Å².